The number of rotatable bonds is 0. The van der Waals surface area contributed by atoms with E-state index in [4.69, 9.17) is 11.6 Å². The molecule has 0 aliphatic heterocycles. The van der Waals surface area contributed by atoms with Crippen molar-refractivity contribution in [3.05, 3.63) is 33.0 Å². The van der Waals surface area contributed by atoms with Crippen LogP contribution in [0.15, 0.2) is 16.6 Å². The summed E-state index contributed by atoms with van der Waals surface area (Å²) in [6.45, 7) is 1.65. The first-order valence-corrected chi connectivity index (χ1v) is 6.12. The Labute approximate surface area is 114 Å². The number of hydrogen-bond donors (Lipinski definition) is 0. The molecule has 1 heterocycles. The summed E-state index contributed by atoms with van der Waals surface area (Å²) in [5.41, 5.74) is -0.236. The third kappa shape index (κ3) is 2.19. The topological polar surface area (TPSA) is 16.8 Å². The van der Waals surface area contributed by atoms with Gasteiger partial charge < -0.3 is 0 Å². The maximum absolute atomic E-state index is 12.8. The quantitative estimate of drug-likeness (QED) is 0.667. The van der Waals surface area contributed by atoms with Gasteiger partial charge in [-0.1, -0.05) is 20.6 Å². The van der Waals surface area contributed by atoms with Crippen LogP contribution in [0.1, 0.15) is 11.3 Å². The van der Waals surface area contributed by atoms with Gasteiger partial charge in [-0.2, -0.15) is 13.2 Å². The van der Waals surface area contributed by atoms with Crippen molar-refractivity contribution in [2.45, 2.75) is 13.1 Å². The molecule has 0 bridgehead atoms. The molecule has 18 heavy (non-hydrogen) atoms. The second-order valence-corrected chi connectivity index (χ2v) is 5.09. The molecule has 1 aromatic heterocycles. The van der Waals surface area contributed by atoms with Crippen LogP contribution in [0.3, 0.4) is 0 Å². The summed E-state index contributed by atoms with van der Waals surface area (Å²) in [7, 11) is 1.64. The average molecular weight is 341 g/mol. The van der Waals surface area contributed by atoms with Crippen LogP contribution in [-0.2, 0) is 13.2 Å². The van der Waals surface area contributed by atoms with E-state index in [9.17, 15) is 13.2 Å². The van der Waals surface area contributed by atoms with Gasteiger partial charge in [-0.3, -0.25) is 0 Å². The fraction of sp³-hybridized carbons (Fsp3) is 0.273. The van der Waals surface area contributed by atoms with Crippen LogP contribution in [0.25, 0.3) is 10.8 Å². The van der Waals surface area contributed by atoms with Crippen LogP contribution >= 0.6 is 27.5 Å². The lowest BCUT2D eigenvalue weighted by atomic mass is 10.1. The van der Waals surface area contributed by atoms with Crippen molar-refractivity contribution in [2.24, 2.45) is 7.05 Å². The number of fused-ring (bicyclic) bond motifs is 1. The highest BCUT2D eigenvalue weighted by molar-refractivity contribution is 9.10. The third-order valence-corrected chi connectivity index (χ3v) is 3.71. The van der Waals surface area contributed by atoms with Crippen LogP contribution in [0, 0.1) is 6.92 Å². The van der Waals surface area contributed by atoms with E-state index in [1.54, 1.807) is 14.0 Å². The molecular formula is C11H8BrClF3N2+. The van der Waals surface area contributed by atoms with Gasteiger partial charge in [0.1, 0.15) is 5.69 Å². The van der Waals surface area contributed by atoms with Crippen LogP contribution in [-0.4, -0.2) is 5.10 Å². The number of nitrogens with zero attached hydrogens (tertiary/aromatic N) is 2. The van der Waals surface area contributed by atoms with Crippen LogP contribution in [0.2, 0.25) is 5.15 Å². The summed E-state index contributed by atoms with van der Waals surface area (Å²) < 4.78 is 39.8. The van der Waals surface area contributed by atoms with Crippen LogP contribution in [0.4, 0.5) is 13.2 Å². The molecule has 1 aromatic carbocycles. The maximum atomic E-state index is 12.8. The molecule has 0 radical (unpaired) electrons. The average Bonchev–Trinajstić information content (AvgIpc) is 2.23. The molecular weight excluding hydrogens is 332 g/mol. The largest absolute Gasteiger partial charge is 0.417 e. The molecule has 2 rings (SSSR count). The van der Waals surface area contributed by atoms with Crippen LogP contribution in [0.5, 0.6) is 0 Å². The van der Waals surface area contributed by atoms with Gasteiger partial charge >= 0.3 is 11.3 Å². The Morgan fingerprint density at radius 1 is 1.28 bits per heavy atom. The van der Waals surface area contributed by atoms with Crippen LogP contribution < -0.4 is 4.68 Å². The first-order valence-electron chi connectivity index (χ1n) is 4.94. The summed E-state index contributed by atoms with van der Waals surface area (Å²) >= 11 is 8.96. The normalized spacial score (nSPS) is 12.2. The monoisotopic (exact) mass is 339 g/mol. The maximum Gasteiger partial charge on any atom is 0.417 e. The minimum Gasteiger partial charge on any atom is -0.166 e. The van der Waals surface area contributed by atoms with Crippen molar-refractivity contribution in [2.75, 3.05) is 0 Å². The molecule has 0 atom stereocenters. The predicted molar refractivity (Wildman–Crippen MR) is 65.4 cm³/mol. The van der Waals surface area contributed by atoms with E-state index in [2.05, 4.69) is 21.0 Å². The smallest absolute Gasteiger partial charge is 0.166 e. The van der Waals surface area contributed by atoms with E-state index in [0.717, 1.165) is 6.07 Å². The molecule has 2 aromatic rings. The van der Waals surface area contributed by atoms with Crippen molar-refractivity contribution in [3.63, 3.8) is 0 Å². The third-order valence-electron chi connectivity index (χ3n) is 2.61. The SMILES string of the molecule is Cc1n[n+](C)c(Cl)c2cc(Br)c(C(F)(F)F)cc12. The Hall–Kier alpha value is -0.880. The van der Waals surface area contributed by atoms with E-state index in [0.29, 0.717) is 21.6 Å². The van der Waals surface area contributed by atoms with Crippen molar-refractivity contribution in [1.29, 1.82) is 0 Å². The second-order valence-electron chi connectivity index (χ2n) is 3.88. The number of hydrogen-bond acceptors (Lipinski definition) is 1. The summed E-state index contributed by atoms with van der Waals surface area (Å²) in [5, 5.41) is 5.28. The number of aromatic nitrogens is 2. The lowest BCUT2D eigenvalue weighted by Gasteiger charge is -2.11. The van der Waals surface area contributed by atoms with E-state index < -0.39 is 11.7 Å². The Morgan fingerprint density at radius 2 is 1.89 bits per heavy atom. The van der Waals surface area contributed by atoms with Crippen molar-refractivity contribution >= 4 is 38.3 Å². The van der Waals surface area contributed by atoms with Gasteiger partial charge in [0.15, 0.2) is 7.05 Å². The molecule has 0 amide bonds. The Morgan fingerprint density at radius 3 is 2.44 bits per heavy atom. The fourth-order valence-corrected chi connectivity index (χ4v) is 2.52. The van der Waals surface area contributed by atoms with Gasteiger partial charge in [-0.25, -0.2) is 0 Å². The highest BCUT2D eigenvalue weighted by Gasteiger charge is 2.34. The Bertz CT molecular complexity index is 640. The van der Waals surface area contributed by atoms with Gasteiger partial charge in [-0.05, 0) is 35.8 Å². The number of halogens is 5. The Kier molecular flexibility index (Phi) is 3.27. The van der Waals surface area contributed by atoms with Crippen molar-refractivity contribution in [1.82, 2.24) is 5.10 Å². The molecule has 0 aliphatic carbocycles. The lowest BCUT2D eigenvalue weighted by molar-refractivity contribution is -0.727. The highest BCUT2D eigenvalue weighted by Crippen LogP contribution is 2.38. The van der Waals surface area contributed by atoms with Gasteiger partial charge in [0.25, 0.3) is 0 Å². The molecule has 0 fully saturated rings. The standard InChI is InChI=1S/C11H8BrClF3N2/c1-5-6-3-8(11(14,15)16)9(12)4-7(6)10(13)18(2)17-5/h3-4H,1-2H3/q+1. The van der Waals surface area contributed by atoms with Gasteiger partial charge in [0.05, 0.1) is 10.9 Å². The molecule has 96 valence electrons. The highest BCUT2D eigenvalue weighted by atomic mass is 79.9. The number of benzene rings is 1. The lowest BCUT2D eigenvalue weighted by Crippen LogP contribution is -2.35. The predicted octanol–water partition coefficient (Wildman–Crippen LogP) is 3.80. The minimum atomic E-state index is -4.41. The fourth-order valence-electron chi connectivity index (χ4n) is 1.76. The molecule has 0 N–H and O–H groups in total. The van der Waals surface area contributed by atoms with Gasteiger partial charge in [0, 0.05) is 9.86 Å². The summed E-state index contributed by atoms with van der Waals surface area (Å²) in [6, 6.07) is 2.43. The molecule has 0 unspecified atom stereocenters. The van der Waals surface area contributed by atoms with Crippen molar-refractivity contribution < 1.29 is 17.9 Å². The zero-order chi connectivity index (χ0) is 13.7. The van der Waals surface area contributed by atoms with E-state index >= 15 is 0 Å². The second kappa shape index (κ2) is 4.35. The molecule has 0 aliphatic rings. The van der Waals surface area contributed by atoms with E-state index in [-0.39, 0.29) is 4.47 Å². The summed E-state index contributed by atoms with van der Waals surface area (Å²) in [5.74, 6) is 0. The zero-order valence-corrected chi connectivity index (χ0v) is 11.8. The molecule has 0 saturated heterocycles. The minimum absolute atomic E-state index is 0.0324. The van der Waals surface area contributed by atoms with Gasteiger partial charge in [0.2, 0.25) is 0 Å². The summed E-state index contributed by atoms with van der Waals surface area (Å²) in [4.78, 5) is 0. The number of aryl methyl sites for hydroxylation is 2. The van der Waals surface area contributed by atoms with E-state index in [1.165, 1.54) is 10.7 Å². The zero-order valence-electron chi connectivity index (χ0n) is 9.44. The first-order chi connectivity index (χ1) is 8.21. The van der Waals surface area contributed by atoms with Gasteiger partial charge in [-0.15, -0.1) is 0 Å². The Balaban J connectivity index is 2.89. The molecule has 7 heteroatoms. The molecule has 2 nitrogen and oxygen atoms in total. The first kappa shape index (κ1) is 13.5. The van der Waals surface area contributed by atoms with E-state index in [1.807, 2.05) is 0 Å². The molecule has 0 saturated carbocycles. The van der Waals surface area contributed by atoms with Crippen molar-refractivity contribution in [3.8, 4) is 0 Å². The number of alkyl halides is 3. The molecule has 0 spiro atoms. The summed E-state index contributed by atoms with van der Waals surface area (Å²) in [6.07, 6.45) is -4.41.